The highest BCUT2D eigenvalue weighted by Crippen LogP contribution is 2.31. The number of thiocarbonyl (C=S) groups is 1. The number of carbonyl (C=O) groups is 2. The monoisotopic (exact) mass is 428 g/mol. The van der Waals surface area contributed by atoms with Crippen LogP contribution >= 0.6 is 24.0 Å². The summed E-state index contributed by atoms with van der Waals surface area (Å²) < 4.78 is 0.575. The number of hydrogen-bond donors (Lipinski definition) is 0. The summed E-state index contributed by atoms with van der Waals surface area (Å²) in [6, 6.07) is 10.3. The summed E-state index contributed by atoms with van der Waals surface area (Å²) in [5.41, 5.74) is 1.08. The summed E-state index contributed by atoms with van der Waals surface area (Å²) in [5.74, 6) is 0.151. The van der Waals surface area contributed by atoms with Gasteiger partial charge in [-0.25, -0.2) is 0 Å². The molecule has 6 heteroatoms. The van der Waals surface area contributed by atoms with E-state index in [1.54, 1.807) is 4.90 Å². The smallest absolute Gasteiger partial charge is 0.266 e. The maximum Gasteiger partial charge on any atom is 0.266 e. The number of likely N-dealkylation sites (tertiary alicyclic amines) is 1. The van der Waals surface area contributed by atoms with Crippen molar-refractivity contribution in [3.8, 4) is 0 Å². The van der Waals surface area contributed by atoms with E-state index in [-0.39, 0.29) is 11.8 Å². The number of piperidine rings is 1. The molecular weight excluding hydrogens is 400 g/mol. The molecule has 1 atom stereocenters. The maximum atomic E-state index is 12.7. The lowest BCUT2D eigenvalue weighted by molar-refractivity contribution is -0.135. The molecule has 0 bridgehead atoms. The lowest BCUT2D eigenvalue weighted by atomic mass is 9.99. The van der Waals surface area contributed by atoms with Crippen LogP contribution in [0.25, 0.3) is 6.08 Å². The standard InChI is InChI=1S/C23H28N2O2S2/c1-2-19-13-6-7-16-24(19)21(26)15-9-17-25-22(27)20(29-23(25)28)14-8-12-18-10-4-3-5-11-18/h3-5,8,10-12,14,19H,2,6-7,9,13,15-17H2,1H3/b12-8+,20-14-/t19-/m0/s1. The van der Waals surface area contributed by atoms with Gasteiger partial charge in [-0.1, -0.05) is 73.4 Å². The van der Waals surface area contributed by atoms with E-state index in [9.17, 15) is 9.59 Å². The van der Waals surface area contributed by atoms with Crippen LogP contribution < -0.4 is 0 Å². The molecule has 2 amide bonds. The summed E-state index contributed by atoms with van der Waals surface area (Å²) in [6.45, 7) is 3.52. The zero-order chi connectivity index (χ0) is 20.6. The third-order valence-corrected chi connectivity index (χ3v) is 6.80. The van der Waals surface area contributed by atoms with Gasteiger partial charge < -0.3 is 4.90 Å². The van der Waals surface area contributed by atoms with Crippen molar-refractivity contribution in [1.29, 1.82) is 0 Å². The number of benzene rings is 1. The lowest BCUT2D eigenvalue weighted by Crippen LogP contribution is -2.43. The first kappa shape index (κ1) is 21.8. The minimum absolute atomic E-state index is 0.0606. The highest BCUT2D eigenvalue weighted by molar-refractivity contribution is 8.26. The molecule has 2 aliphatic heterocycles. The van der Waals surface area contributed by atoms with Gasteiger partial charge in [-0.2, -0.15) is 0 Å². The zero-order valence-corrected chi connectivity index (χ0v) is 18.5. The van der Waals surface area contributed by atoms with Crippen LogP contribution in [0.2, 0.25) is 0 Å². The van der Waals surface area contributed by atoms with Crippen molar-refractivity contribution in [1.82, 2.24) is 9.80 Å². The summed E-state index contributed by atoms with van der Waals surface area (Å²) in [6.07, 6.45) is 11.2. The first-order valence-corrected chi connectivity index (χ1v) is 11.6. The summed E-state index contributed by atoms with van der Waals surface area (Å²) in [7, 11) is 0. The van der Waals surface area contributed by atoms with E-state index >= 15 is 0 Å². The van der Waals surface area contributed by atoms with Crippen LogP contribution in [0.15, 0.2) is 47.4 Å². The van der Waals surface area contributed by atoms with Crippen LogP contribution in [-0.4, -0.2) is 45.1 Å². The van der Waals surface area contributed by atoms with Crippen molar-refractivity contribution in [3.63, 3.8) is 0 Å². The average molecular weight is 429 g/mol. The van der Waals surface area contributed by atoms with E-state index in [0.717, 1.165) is 31.4 Å². The fraction of sp³-hybridized carbons (Fsp3) is 0.435. The molecule has 0 spiro atoms. The highest BCUT2D eigenvalue weighted by Gasteiger charge is 2.31. The van der Waals surface area contributed by atoms with Crippen molar-refractivity contribution in [2.24, 2.45) is 0 Å². The van der Waals surface area contributed by atoms with Crippen LogP contribution in [0.5, 0.6) is 0 Å². The Morgan fingerprint density at radius 1 is 1.28 bits per heavy atom. The molecule has 0 radical (unpaired) electrons. The van der Waals surface area contributed by atoms with Crippen LogP contribution in [0, 0.1) is 0 Å². The second-order valence-electron chi connectivity index (χ2n) is 7.37. The van der Waals surface area contributed by atoms with Crippen LogP contribution in [-0.2, 0) is 9.59 Å². The first-order valence-electron chi connectivity index (χ1n) is 10.4. The van der Waals surface area contributed by atoms with E-state index in [1.165, 1.54) is 18.2 Å². The molecule has 4 nitrogen and oxygen atoms in total. The van der Waals surface area contributed by atoms with E-state index in [2.05, 4.69) is 6.92 Å². The number of carbonyl (C=O) groups excluding carboxylic acids is 2. The van der Waals surface area contributed by atoms with Crippen molar-refractivity contribution in [3.05, 3.63) is 53.0 Å². The molecule has 3 rings (SSSR count). The number of allylic oxidation sites excluding steroid dienone is 2. The second kappa shape index (κ2) is 10.7. The largest absolute Gasteiger partial charge is 0.340 e. The zero-order valence-electron chi connectivity index (χ0n) is 16.9. The molecule has 0 unspecified atom stereocenters. The molecule has 1 aromatic carbocycles. The average Bonchev–Trinajstić information content (AvgIpc) is 3.02. The Hall–Kier alpha value is -1.92. The Morgan fingerprint density at radius 3 is 2.83 bits per heavy atom. The molecule has 154 valence electrons. The molecule has 2 aliphatic rings. The van der Waals surface area contributed by atoms with Gasteiger partial charge >= 0.3 is 0 Å². The van der Waals surface area contributed by atoms with E-state index in [0.29, 0.717) is 34.7 Å². The molecule has 0 N–H and O–H groups in total. The van der Waals surface area contributed by atoms with Crippen LogP contribution in [0.4, 0.5) is 0 Å². The van der Waals surface area contributed by atoms with Gasteiger partial charge in [0.05, 0.1) is 4.91 Å². The fourth-order valence-corrected chi connectivity index (χ4v) is 5.06. The Labute approximate surface area is 183 Å². The molecule has 2 fully saturated rings. The summed E-state index contributed by atoms with van der Waals surface area (Å²) >= 11 is 6.72. The van der Waals surface area contributed by atoms with Crippen LogP contribution in [0.3, 0.4) is 0 Å². The molecule has 2 heterocycles. The van der Waals surface area contributed by atoms with Gasteiger partial charge in [0.1, 0.15) is 4.32 Å². The van der Waals surface area contributed by atoms with Gasteiger partial charge in [-0.15, -0.1) is 0 Å². The van der Waals surface area contributed by atoms with Crippen molar-refractivity contribution >= 4 is 46.2 Å². The predicted molar refractivity (Wildman–Crippen MR) is 124 cm³/mol. The third kappa shape index (κ3) is 5.80. The summed E-state index contributed by atoms with van der Waals surface area (Å²) in [5, 5.41) is 0. The van der Waals surface area contributed by atoms with Gasteiger partial charge in [0.25, 0.3) is 5.91 Å². The molecule has 29 heavy (non-hydrogen) atoms. The number of thioether (sulfide) groups is 1. The van der Waals surface area contributed by atoms with Gasteiger partial charge in [-0.3, -0.25) is 14.5 Å². The van der Waals surface area contributed by atoms with Crippen molar-refractivity contribution < 1.29 is 9.59 Å². The normalized spacial score (nSPS) is 21.6. The van der Waals surface area contributed by atoms with E-state index in [4.69, 9.17) is 12.2 Å². The van der Waals surface area contributed by atoms with E-state index in [1.807, 2.05) is 53.5 Å². The lowest BCUT2D eigenvalue weighted by Gasteiger charge is -2.35. The van der Waals surface area contributed by atoms with Crippen molar-refractivity contribution in [2.45, 2.75) is 51.5 Å². The molecule has 0 aromatic heterocycles. The number of amides is 2. The Balaban J connectivity index is 1.50. The minimum atomic E-state index is -0.0606. The summed E-state index contributed by atoms with van der Waals surface area (Å²) in [4.78, 5) is 29.6. The highest BCUT2D eigenvalue weighted by atomic mass is 32.2. The van der Waals surface area contributed by atoms with Gasteiger partial charge in [0.2, 0.25) is 5.91 Å². The molecule has 0 saturated carbocycles. The minimum Gasteiger partial charge on any atom is -0.340 e. The Bertz CT molecular complexity index is 804. The maximum absolute atomic E-state index is 12.7. The molecular formula is C23H28N2O2S2. The predicted octanol–water partition coefficient (Wildman–Crippen LogP) is 5.02. The van der Waals surface area contributed by atoms with Gasteiger partial charge in [0, 0.05) is 25.6 Å². The second-order valence-corrected chi connectivity index (χ2v) is 9.05. The molecule has 2 saturated heterocycles. The van der Waals surface area contributed by atoms with E-state index < -0.39 is 0 Å². The number of nitrogens with zero attached hydrogens (tertiary/aromatic N) is 2. The molecule has 1 aromatic rings. The third-order valence-electron chi connectivity index (χ3n) is 5.40. The van der Waals surface area contributed by atoms with Crippen molar-refractivity contribution in [2.75, 3.05) is 13.1 Å². The SMILES string of the molecule is CC[C@H]1CCCCN1C(=O)CCCN1C(=O)/C(=C/C=C/c2ccccc2)SC1=S. The Morgan fingerprint density at radius 2 is 2.07 bits per heavy atom. The van der Waals surface area contributed by atoms with Gasteiger partial charge in [-0.05, 0) is 43.7 Å². The Kier molecular flexibility index (Phi) is 8.07. The number of rotatable bonds is 7. The van der Waals surface area contributed by atoms with Gasteiger partial charge in [0.15, 0.2) is 0 Å². The quantitative estimate of drug-likeness (QED) is 0.452. The molecule has 0 aliphatic carbocycles. The number of hydrogen-bond acceptors (Lipinski definition) is 4. The first-order chi connectivity index (χ1) is 14.1. The fourth-order valence-electron chi connectivity index (χ4n) is 3.80. The topological polar surface area (TPSA) is 40.6 Å². The van der Waals surface area contributed by atoms with Crippen LogP contribution in [0.1, 0.15) is 51.0 Å².